The van der Waals surface area contributed by atoms with Gasteiger partial charge < -0.3 is 24.6 Å². The van der Waals surface area contributed by atoms with Crippen LogP contribution in [0.5, 0.6) is 11.5 Å². The van der Waals surface area contributed by atoms with E-state index in [1.807, 2.05) is 13.0 Å². The number of carbonyl (C=O) groups is 2. The highest BCUT2D eigenvalue weighted by Gasteiger charge is 2.35. The van der Waals surface area contributed by atoms with Crippen molar-refractivity contribution in [3.05, 3.63) is 18.2 Å². The normalized spacial score (nSPS) is 18.1. The Hall–Kier alpha value is -3.21. The van der Waals surface area contributed by atoms with Crippen molar-refractivity contribution in [1.82, 2.24) is 35.3 Å². The number of hydrogen-bond acceptors (Lipinski definition) is 8. The molecule has 2 heterocycles. The van der Waals surface area contributed by atoms with E-state index in [9.17, 15) is 9.59 Å². The number of rotatable bonds is 9. The fourth-order valence-corrected chi connectivity index (χ4v) is 5.13. The summed E-state index contributed by atoms with van der Waals surface area (Å²) in [7, 11) is 5.21. The summed E-state index contributed by atoms with van der Waals surface area (Å²) in [6, 6.07) is 4.97. The Morgan fingerprint density at radius 2 is 1.81 bits per heavy atom. The van der Waals surface area contributed by atoms with Crippen molar-refractivity contribution in [2.24, 2.45) is 0 Å². The molecule has 2 aliphatic rings. The predicted octanol–water partition coefficient (Wildman–Crippen LogP) is 1.73. The maximum absolute atomic E-state index is 13.6. The standard InChI is InChI=1S/C25H37N7O4/c1-17(25(34)26-19-7-5-6-8-19)32(20-11-13-30(2)14-12-20)23(33)16-31-28-24(27-29-31)18-9-10-21(35-3)22(15-18)36-4/h9-10,15,17,19-20H,5-8,11-14,16H2,1-4H3,(H,26,34). The molecule has 36 heavy (non-hydrogen) atoms. The van der Waals surface area contributed by atoms with Crippen LogP contribution in [0.2, 0.25) is 0 Å². The van der Waals surface area contributed by atoms with Gasteiger partial charge in [0.15, 0.2) is 11.5 Å². The second-order valence-electron chi connectivity index (χ2n) is 9.71. The van der Waals surface area contributed by atoms with E-state index < -0.39 is 6.04 Å². The molecular weight excluding hydrogens is 462 g/mol. The summed E-state index contributed by atoms with van der Waals surface area (Å²) in [5.74, 6) is 1.25. The first-order valence-electron chi connectivity index (χ1n) is 12.7. The monoisotopic (exact) mass is 499 g/mol. The molecule has 2 fully saturated rings. The summed E-state index contributed by atoms with van der Waals surface area (Å²) in [4.78, 5) is 32.0. The number of amides is 2. The third-order valence-electron chi connectivity index (χ3n) is 7.24. The number of nitrogens with one attached hydrogen (secondary N) is 1. The summed E-state index contributed by atoms with van der Waals surface area (Å²) in [6.45, 7) is 3.50. The molecule has 2 aromatic rings. The van der Waals surface area contributed by atoms with E-state index in [2.05, 4.69) is 32.7 Å². The van der Waals surface area contributed by atoms with Crippen LogP contribution in [-0.2, 0) is 16.1 Å². The predicted molar refractivity (Wildman–Crippen MR) is 134 cm³/mol. The maximum Gasteiger partial charge on any atom is 0.247 e. The molecule has 196 valence electrons. The highest BCUT2D eigenvalue weighted by molar-refractivity contribution is 5.87. The number of piperidine rings is 1. The minimum Gasteiger partial charge on any atom is -0.493 e. The van der Waals surface area contributed by atoms with Crippen LogP contribution in [0.15, 0.2) is 18.2 Å². The maximum atomic E-state index is 13.6. The van der Waals surface area contributed by atoms with Gasteiger partial charge in [0.05, 0.1) is 14.2 Å². The van der Waals surface area contributed by atoms with Gasteiger partial charge in [0.1, 0.15) is 12.6 Å². The Labute approximate surface area is 212 Å². The molecule has 1 aromatic carbocycles. The van der Waals surface area contributed by atoms with Gasteiger partial charge in [-0.3, -0.25) is 9.59 Å². The largest absolute Gasteiger partial charge is 0.493 e. The van der Waals surface area contributed by atoms with E-state index in [-0.39, 0.29) is 30.4 Å². The number of nitrogens with zero attached hydrogens (tertiary/aromatic N) is 6. The fourth-order valence-electron chi connectivity index (χ4n) is 5.13. The number of methoxy groups -OCH3 is 2. The van der Waals surface area contributed by atoms with E-state index >= 15 is 0 Å². The zero-order valence-corrected chi connectivity index (χ0v) is 21.6. The van der Waals surface area contributed by atoms with Gasteiger partial charge in [-0.2, -0.15) is 4.80 Å². The average molecular weight is 500 g/mol. The van der Waals surface area contributed by atoms with Crippen LogP contribution in [0.4, 0.5) is 0 Å². The Balaban J connectivity index is 1.49. The zero-order valence-electron chi connectivity index (χ0n) is 21.6. The van der Waals surface area contributed by atoms with Gasteiger partial charge in [-0.1, -0.05) is 12.8 Å². The molecule has 1 saturated heterocycles. The molecule has 0 radical (unpaired) electrons. The van der Waals surface area contributed by atoms with E-state index in [1.165, 1.54) is 4.80 Å². The quantitative estimate of drug-likeness (QED) is 0.555. The molecular formula is C25H37N7O4. The van der Waals surface area contributed by atoms with Crippen LogP contribution in [0.1, 0.15) is 45.4 Å². The lowest BCUT2D eigenvalue weighted by Crippen LogP contribution is -2.56. The average Bonchev–Trinajstić information content (AvgIpc) is 3.57. The summed E-state index contributed by atoms with van der Waals surface area (Å²) in [5.41, 5.74) is 0.697. The number of tetrazole rings is 1. The number of likely N-dealkylation sites (tertiary alicyclic amines) is 1. The SMILES string of the molecule is COc1ccc(-c2nnn(CC(=O)N(C3CCN(C)CC3)C(C)C(=O)NC3CCCC3)n2)cc1OC. The Morgan fingerprint density at radius 3 is 2.47 bits per heavy atom. The van der Waals surface area contributed by atoms with Crippen molar-refractivity contribution >= 4 is 11.8 Å². The van der Waals surface area contributed by atoms with Crippen LogP contribution >= 0.6 is 0 Å². The van der Waals surface area contributed by atoms with Crippen molar-refractivity contribution < 1.29 is 19.1 Å². The Bertz CT molecular complexity index is 1040. The van der Waals surface area contributed by atoms with Crippen molar-refractivity contribution in [3.63, 3.8) is 0 Å². The first kappa shape index (κ1) is 25.9. The van der Waals surface area contributed by atoms with E-state index in [1.54, 1.807) is 31.3 Å². The molecule has 11 nitrogen and oxygen atoms in total. The number of hydrogen-bond donors (Lipinski definition) is 1. The van der Waals surface area contributed by atoms with Crippen LogP contribution in [-0.4, -0.2) is 94.3 Å². The molecule has 1 atom stereocenters. The van der Waals surface area contributed by atoms with Crippen molar-refractivity contribution in [3.8, 4) is 22.9 Å². The van der Waals surface area contributed by atoms with Gasteiger partial charge in [0, 0.05) is 17.6 Å². The highest BCUT2D eigenvalue weighted by Crippen LogP contribution is 2.30. The van der Waals surface area contributed by atoms with Crippen molar-refractivity contribution in [2.75, 3.05) is 34.4 Å². The number of carbonyl (C=O) groups excluding carboxylic acids is 2. The van der Waals surface area contributed by atoms with Crippen LogP contribution in [0, 0.1) is 0 Å². The number of ether oxygens (including phenoxy) is 2. The molecule has 11 heteroatoms. The number of benzene rings is 1. The third kappa shape index (κ3) is 5.95. The van der Waals surface area contributed by atoms with Gasteiger partial charge in [-0.25, -0.2) is 0 Å². The zero-order chi connectivity index (χ0) is 25.7. The van der Waals surface area contributed by atoms with Crippen molar-refractivity contribution in [1.29, 1.82) is 0 Å². The molecule has 0 bridgehead atoms. The lowest BCUT2D eigenvalue weighted by atomic mass is 10.0. The Kier molecular flexibility index (Phi) is 8.40. The van der Waals surface area contributed by atoms with Crippen LogP contribution in [0.25, 0.3) is 11.4 Å². The second-order valence-corrected chi connectivity index (χ2v) is 9.71. The molecule has 1 saturated carbocycles. The molecule has 1 unspecified atom stereocenters. The smallest absolute Gasteiger partial charge is 0.247 e. The van der Waals surface area contributed by atoms with E-state index in [0.29, 0.717) is 22.9 Å². The molecule has 4 rings (SSSR count). The molecule has 2 amide bonds. The summed E-state index contributed by atoms with van der Waals surface area (Å²) in [5, 5.41) is 15.8. The summed E-state index contributed by atoms with van der Waals surface area (Å²) < 4.78 is 10.6. The third-order valence-corrected chi connectivity index (χ3v) is 7.24. The summed E-state index contributed by atoms with van der Waals surface area (Å²) >= 11 is 0. The lowest BCUT2D eigenvalue weighted by Gasteiger charge is -2.40. The first-order valence-corrected chi connectivity index (χ1v) is 12.7. The fraction of sp³-hybridized carbons (Fsp3) is 0.640. The number of aromatic nitrogens is 4. The molecule has 1 aliphatic heterocycles. The molecule has 1 aliphatic carbocycles. The van der Waals surface area contributed by atoms with Crippen molar-refractivity contribution in [2.45, 2.75) is 70.1 Å². The summed E-state index contributed by atoms with van der Waals surface area (Å²) in [6.07, 6.45) is 5.93. The van der Waals surface area contributed by atoms with Crippen LogP contribution < -0.4 is 14.8 Å². The molecule has 1 aromatic heterocycles. The van der Waals surface area contributed by atoms with Gasteiger partial charge in [-0.15, -0.1) is 10.2 Å². The highest BCUT2D eigenvalue weighted by atomic mass is 16.5. The minimum atomic E-state index is -0.569. The van der Waals surface area contributed by atoms with Gasteiger partial charge >= 0.3 is 0 Å². The Morgan fingerprint density at radius 1 is 1.11 bits per heavy atom. The second kappa shape index (κ2) is 11.7. The topological polar surface area (TPSA) is 115 Å². The van der Waals surface area contributed by atoms with Gasteiger partial charge in [0.2, 0.25) is 17.6 Å². The van der Waals surface area contributed by atoms with E-state index in [4.69, 9.17) is 9.47 Å². The van der Waals surface area contributed by atoms with Gasteiger partial charge in [-0.05, 0) is 76.2 Å². The molecule has 1 N–H and O–H groups in total. The first-order chi connectivity index (χ1) is 17.4. The van der Waals surface area contributed by atoms with E-state index in [0.717, 1.165) is 51.6 Å². The van der Waals surface area contributed by atoms with Gasteiger partial charge in [0.25, 0.3) is 0 Å². The molecule has 0 spiro atoms. The minimum absolute atomic E-state index is 0.00753. The lowest BCUT2D eigenvalue weighted by molar-refractivity contribution is -0.144. The van der Waals surface area contributed by atoms with Crippen LogP contribution in [0.3, 0.4) is 0 Å².